The molecule has 0 spiro atoms. The highest BCUT2D eigenvalue weighted by Gasteiger charge is 2.24. The van der Waals surface area contributed by atoms with E-state index in [-0.39, 0.29) is 11.9 Å². The first-order chi connectivity index (χ1) is 9.15. The lowest BCUT2D eigenvalue weighted by Crippen LogP contribution is -2.50. The van der Waals surface area contributed by atoms with Crippen LogP contribution in [-0.4, -0.2) is 49.6 Å². The number of nitrogens with one attached hydrogen (secondary N) is 2. The van der Waals surface area contributed by atoms with Crippen molar-refractivity contribution in [3.8, 4) is 0 Å². The van der Waals surface area contributed by atoms with Gasteiger partial charge >= 0.3 is 0 Å². The van der Waals surface area contributed by atoms with Crippen molar-refractivity contribution < 1.29 is 4.79 Å². The molecular weight excluding hydrogens is 238 g/mol. The number of hydrogen-bond acceptors (Lipinski definition) is 3. The molecule has 0 aromatic rings. The molecule has 4 heteroatoms. The second-order valence-corrected chi connectivity index (χ2v) is 6.45. The Morgan fingerprint density at radius 2 is 1.95 bits per heavy atom. The van der Waals surface area contributed by atoms with Gasteiger partial charge in [-0.05, 0) is 57.2 Å². The smallest absolute Gasteiger partial charge is 0.237 e. The van der Waals surface area contributed by atoms with Gasteiger partial charge in [0.2, 0.25) is 5.91 Å². The quantitative estimate of drug-likeness (QED) is 0.805. The highest BCUT2D eigenvalue weighted by molar-refractivity contribution is 5.81. The second-order valence-electron chi connectivity index (χ2n) is 6.45. The van der Waals surface area contributed by atoms with E-state index in [9.17, 15) is 4.79 Å². The van der Waals surface area contributed by atoms with E-state index < -0.39 is 0 Å². The van der Waals surface area contributed by atoms with Gasteiger partial charge in [-0.25, -0.2) is 0 Å². The third kappa shape index (κ3) is 4.77. The van der Waals surface area contributed by atoms with Crippen LogP contribution in [0.25, 0.3) is 0 Å². The molecule has 2 fully saturated rings. The van der Waals surface area contributed by atoms with Crippen LogP contribution in [0.2, 0.25) is 0 Å². The Balaban J connectivity index is 1.61. The fourth-order valence-electron chi connectivity index (χ4n) is 3.05. The van der Waals surface area contributed by atoms with Gasteiger partial charge in [0.05, 0.1) is 6.04 Å². The highest BCUT2D eigenvalue weighted by atomic mass is 16.2. The molecule has 0 aromatic heterocycles. The SMILES string of the molecule is CC1CCN(CCNC(=O)C2CC(C)CCN2)CC1. The minimum Gasteiger partial charge on any atom is -0.353 e. The Hall–Kier alpha value is -0.610. The van der Waals surface area contributed by atoms with Crippen LogP contribution in [0.3, 0.4) is 0 Å². The molecule has 4 nitrogen and oxygen atoms in total. The molecule has 2 unspecified atom stereocenters. The van der Waals surface area contributed by atoms with Gasteiger partial charge in [0.15, 0.2) is 0 Å². The number of nitrogens with zero attached hydrogens (tertiary/aromatic N) is 1. The van der Waals surface area contributed by atoms with Gasteiger partial charge in [-0.1, -0.05) is 13.8 Å². The van der Waals surface area contributed by atoms with Crippen LogP contribution in [0.5, 0.6) is 0 Å². The summed E-state index contributed by atoms with van der Waals surface area (Å²) >= 11 is 0. The van der Waals surface area contributed by atoms with E-state index in [0.29, 0.717) is 5.92 Å². The van der Waals surface area contributed by atoms with E-state index in [1.807, 2.05) is 0 Å². The molecule has 2 N–H and O–H groups in total. The van der Waals surface area contributed by atoms with Gasteiger partial charge in [0.1, 0.15) is 0 Å². The monoisotopic (exact) mass is 267 g/mol. The summed E-state index contributed by atoms with van der Waals surface area (Å²) in [5.74, 6) is 1.73. The Bertz CT molecular complexity index is 287. The average molecular weight is 267 g/mol. The summed E-state index contributed by atoms with van der Waals surface area (Å²) < 4.78 is 0. The summed E-state index contributed by atoms with van der Waals surface area (Å²) in [5, 5.41) is 6.41. The Labute approximate surface area is 117 Å². The molecule has 2 rings (SSSR count). The van der Waals surface area contributed by atoms with E-state index in [2.05, 4.69) is 29.4 Å². The van der Waals surface area contributed by atoms with Gasteiger partial charge in [0, 0.05) is 13.1 Å². The molecule has 2 atom stereocenters. The first-order valence-corrected chi connectivity index (χ1v) is 7.88. The van der Waals surface area contributed by atoms with Crippen LogP contribution >= 0.6 is 0 Å². The number of hydrogen-bond donors (Lipinski definition) is 2. The molecule has 2 aliphatic heterocycles. The predicted octanol–water partition coefficient (Wildman–Crippen LogP) is 1.22. The molecule has 110 valence electrons. The molecule has 0 bridgehead atoms. The Kier molecular flexibility index (Phi) is 5.64. The first kappa shape index (κ1) is 14.8. The summed E-state index contributed by atoms with van der Waals surface area (Å²) in [7, 11) is 0. The van der Waals surface area contributed by atoms with Crippen molar-refractivity contribution in [2.75, 3.05) is 32.7 Å². The van der Waals surface area contributed by atoms with Crippen LogP contribution in [0.1, 0.15) is 39.5 Å². The van der Waals surface area contributed by atoms with Crippen LogP contribution in [0, 0.1) is 11.8 Å². The maximum atomic E-state index is 12.0. The zero-order valence-corrected chi connectivity index (χ0v) is 12.5. The lowest BCUT2D eigenvalue weighted by molar-refractivity contribution is -0.124. The third-order valence-electron chi connectivity index (χ3n) is 4.59. The van der Waals surface area contributed by atoms with Crippen molar-refractivity contribution >= 4 is 5.91 Å². The summed E-state index contributed by atoms with van der Waals surface area (Å²) in [6.07, 6.45) is 4.77. The molecule has 2 saturated heterocycles. The first-order valence-electron chi connectivity index (χ1n) is 7.88. The van der Waals surface area contributed by atoms with E-state index in [0.717, 1.165) is 32.0 Å². The summed E-state index contributed by atoms with van der Waals surface area (Å²) in [6, 6.07) is 0.0325. The van der Waals surface area contributed by atoms with Crippen molar-refractivity contribution in [2.24, 2.45) is 11.8 Å². The van der Waals surface area contributed by atoms with Crippen molar-refractivity contribution in [2.45, 2.75) is 45.6 Å². The zero-order valence-electron chi connectivity index (χ0n) is 12.5. The van der Waals surface area contributed by atoms with Gasteiger partial charge < -0.3 is 15.5 Å². The zero-order chi connectivity index (χ0) is 13.7. The van der Waals surface area contributed by atoms with Gasteiger partial charge in [0.25, 0.3) is 0 Å². The van der Waals surface area contributed by atoms with Crippen molar-refractivity contribution in [3.63, 3.8) is 0 Å². The standard InChI is InChI=1S/C15H29N3O/c1-12-4-8-18(9-5-12)10-7-17-15(19)14-11-13(2)3-6-16-14/h12-14,16H,3-11H2,1-2H3,(H,17,19). The Morgan fingerprint density at radius 1 is 1.21 bits per heavy atom. The van der Waals surface area contributed by atoms with Crippen LogP contribution in [0.4, 0.5) is 0 Å². The number of carbonyl (C=O) groups excluding carboxylic acids is 1. The molecule has 19 heavy (non-hydrogen) atoms. The average Bonchev–Trinajstić information content (AvgIpc) is 2.41. The van der Waals surface area contributed by atoms with Crippen LogP contribution < -0.4 is 10.6 Å². The van der Waals surface area contributed by atoms with Gasteiger partial charge in [-0.15, -0.1) is 0 Å². The minimum absolute atomic E-state index is 0.0325. The van der Waals surface area contributed by atoms with Crippen LogP contribution in [0.15, 0.2) is 0 Å². The topological polar surface area (TPSA) is 44.4 Å². The molecule has 0 saturated carbocycles. The highest BCUT2D eigenvalue weighted by Crippen LogP contribution is 2.16. The van der Waals surface area contributed by atoms with Crippen molar-refractivity contribution in [1.82, 2.24) is 15.5 Å². The molecule has 2 heterocycles. The molecule has 0 aromatic carbocycles. The number of carbonyl (C=O) groups is 1. The number of rotatable bonds is 4. The van der Waals surface area contributed by atoms with E-state index in [1.165, 1.54) is 32.4 Å². The number of likely N-dealkylation sites (tertiary alicyclic amines) is 1. The van der Waals surface area contributed by atoms with E-state index in [4.69, 9.17) is 0 Å². The summed E-state index contributed by atoms with van der Waals surface area (Å²) in [6.45, 7) is 9.71. The fourth-order valence-corrected chi connectivity index (χ4v) is 3.05. The lowest BCUT2D eigenvalue weighted by Gasteiger charge is -2.31. The number of piperidine rings is 2. The summed E-state index contributed by atoms with van der Waals surface area (Å²) in [5.41, 5.74) is 0. The molecular formula is C15H29N3O. The predicted molar refractivity (Wildman–Crippen MR) is 78.0 cm³/mol. The van der Waals surface area contributed by atoms with Crippen LogP contribution in [-0.2, 0) is 4.79 Å². The largest absolute Gasteiger partial charge is 0.353 e. The second kappa shape index (κ2) is 7.25. The Morgan fingerprint density at radius 3 is 2.63 bits per heavy atom. The van der Waals surface area contributed by atoms with E-state index in [1.54, 1.807) is 0 Å². The van der Waals surface area contributed by atoms with Crippen molar-refractivity contribution in [1.29, 1.82) is 0 Å². The lowest BCUT2D eigenvalue weighted by atomic mass is 9.94. The van der Waals surface area contributed by atoms with E-state index >= 15 is 0 Å². The molecule has 1 amide bonds. The normalized spacial score (nSPS) is 30.2. The molecule has 2 aliphatic rings. The summed E-state index contributed by atoms with van der Waals surface area (Å²) in [4.78, 5) is 14.5. The van der Waals surface area contributed by atoms with Crippen molar-refractivity contribution in [3.05, 3.63) is 0 Å². The maximum absolute atomic E-state index is 12.0. The number of amides is 1. The maximum Gasteiger partial charge on any atom is 0.237 e. The van der Waals surface area contributed by atoms with Gasteiger partial charge in [-0.2, -0.15) is 0 Å². The fraction of sp³-hybridized carbons (Fsp3) is 0.933. The molecule has 0 radical (unpaired) electrons. The third-order valence-corrected chi connectivity index (χ3v) is 4.59. The van der Waals surface area contributed by atoms with Gasteiger partial charge in [-0.3, -0.25) is 4.79 Å². The molecule has 0 aliphatic carbocycles. The minimum atomic E-state index is 0.0325.